The van der Waals surface area contributed by atoms with Crippen molar-refractivity contribution in [3.63, 3.8) is 0 Å². The predicted molar refractivity (Wildman–Crippen MR) is 44.5 cm³/mol. The van der Waals surface area contributed by atoms with E-state index in [0.29, 0.717) is 6.42 Å². The van der Waals surface area contributed by atoms with Crippen LogP contribution >= 0.6 is 0 Å². The van der Waals surface area contributed by atoms with E-state index in [1.165, 1.54) is 0 Å². The maximum atomic E-state index is 11.0. The lowest BCUT2D eigenvalue weighted by Crippen LogP contribution is -2.18. The van der Waals surface area contributed by atoms with Gasteiger partial charge in [0.1, 0.15) is 5.78 Å². The Balaban J connectivity index is 3.38. The minimum Gasteiger partial charge on any atom is -0.393 e. The Bertz CT molecular complexity index is 121. The molecule has 0 saturated heterocycles. The van der Waals surface area contributed by atoms with Crippen molar-refractivity contribution in [3.8, 4) is 0 Å². The van der Waals surface area contributed by atoms with Crippen LogP contribution in [0.3, 0.4) is 0 Å². The first kappa shape index (κ1) is 10.6. The Morgan fingerprint density at radius 3 is 2.45 bits per heavy atom. The normalized spacial score (nSPS) is 13.5. The summed E-state index contributed by atoms with van der Waals surface area (Å²) in [6, 6.07) is 0. The number of nitrogens with zero attached hydrogens (tertiary/aromatic N) is 1. The number of hydrogen-bond acceptors (Lipinski definition) is 3. The van der Waals surface area contributed by atoms with Crippen LogP contribution in [0.15, 0.2) is 0 Å². The van der Waals surface area contributed by atoms with Crippen molar-refractivity contribution < 1.29 is 9.90 Å². The molecule has 0 fully saturated rings. The number of carbonyl (C=O) groups is 1. The quantitative estimate of drug-likeness (QED) is 0.626. The van der Waals surface area contributed by atoms with Crippen molar-refractivity contribution in [2.45, 2.75) is 25.9 Å². The average molecular weight is 159 g/mol. The Morgan fingerprint density at radius 1 is 1.55 bits per heavy atom. The van der Waals surface area contributed by atoms with E-state index in [9.17, 15) is 4.79 Å². The highest BCUT2D eigenvalue weighted by Gasteiger charge is 2.05. The fraction of sp³-hybridized carbons (Fsp3) is 0.875. The van der Waals surface area contributed by atoms with Crippen LogP contribution in [-0.4, -0.2) is 42.5 Å². The first-order valence-electron chi connectivity index (χ1n) is 3.87. The molecule has 0 aliphatic rings. The van der Waals surface area contributed by atoms with E-state index in [0.717, 1.165) is 6.54 Å². The van der Waals surface area contributed by atoms with Gasteiger partial charge in [-0.15, -0.1) is 0 Å². The molecule has 0 spiro atoms. The molecule has 1 atom stereocenters. The standard InChI is InChI=1S/C8H17NO2/c1-7(10)6-8(11)4-5-9(2)3/h7,10H,4-6H2,1-3H3. The molecule has 0 radical (unpaired) electrons. The van der Waals surface area contributed by atoms with E-state index in [4.69, 9.17) is 5.11 Å². The van der Waals surface area contributed by atoms with Gasteiger partial charge in [-0.1, -0.05) is 0 Å². The topological polar surface area (TPSA) is 40.5 Å². The van der Waals surface area contributed by atoms with Crippen LogP contribution < -0.4 is 0 Å². The number of aliphatic hydroxyl groups excluding tert-OH is 1. The van der Waals surface area contributed by atoms with Crippen LogP contribution in [0.5, 0.6) is 0 Å². The van der Waals surface area contributed by atoms with E-state index in [1.54, 1.807) is 6.92 Å². The molecule has 0 aromatic carbocycles. The molecule has 0 aliphatic heterocycles. The summed E-state index contributed by atoms with van der Waals surface area (Å²) < 4.78 is 0. The Kier molecular flexibility index (Phi) is 5.07. The van der Waals surface area contributed by atoms with E-state index in [-0.39, 0.29) is 12.2 Å². The molecule has 0 heterocycles. The molecule has 3 heteroatoms. The summed E-state index contributed by atoms with van der Waals surface area (Å²) in [6.07, 6.45) is 0.329. The fourth-order valence-electron chi connectivity index (χ4n) is 0.780. The van der Waals surface area contributed by atoms with Gasteiger partial charge in [0.25, 0.3) is 0 Å². The zero-order valence-electron chi connectivity index (χ0n) is 7.50. The first-order chi connectivity index (χ1) is 5.02. The molecule has 11 heavy (non-hydrogen) atoms. The van der Waals surface area contributed by atoms with Crippen molar-refractivity contribution in [2.75, 3.05) is 20.6 Å². The second-order valence-corrected chi connectivity index (χ2v) is 3.15. The Labute approximate surface area is 68.0 Å². The Hall–Kier alpha value is -0.410. The third-order valence-electron chi connectivity index (χ3n) is 1.36. The van der Waals surface area contributed by atoms with Crippen molar-refractivity contribution in [2.24, 2.45) is 0 Å². The maximum absolute atomic E-state index is 11.0. The van der Waals surface area contributed by atoms with Crippen LogP contribution in [0.4, 0.5) is 0 Å². The number of carbonyl (C=O) groups excluding carboxylic acids is 1. The average Bonchev–Trinajstić information content (AvgIpc) is 1.82. The van der Waals surface area contributed by atoms with Gasteiger partial charge in [-0.2, -0.15) is 0 Å². The van der Waals surface area contributed by atoms with Gasteiger partial charge >= 0.3 is 0 Å². The highest BCUT2D eigenvalue weighted by molar-refractivity contribution is 5.78. The molecule has 0 amide bonds. The molecule has 0 aromatic rings. The summed E-state index contributed by atoms with van der Waals surface area (Å²) in [4.78, 5) is 12.9. The zero-order chi connectivity index (χ0) is 8.85. The van der Waals surface area contributed by atoms with Gasteiger partial charge in [0.2, 0.25) is 0 Å². The molecule has 1 unspecified atom stereocenters. The van der Waals surface area contributed by atoms with Crippen molar-refractivity contribution >= 4 is 5.78 Å². The third-order valence-corrected chi connectivity index (χ3v) is 1.36. The van der Waals surface area contributed by atoms with Gasteiger partial charge in [0.05, 0.1) is 6.10 Å². The molecule has 0 aromatic heterocycles. The molecular formula is C8H17NO2. The maximum Gasteiger partial charge on any atom is 0.136 e. The minimum absolute atomic E-state index is 0.133. The van der Waals surface area contributed by atoms with Crippen LogP contribution in [0.25, 0.3) is 0 Å². The monoisotopic (exact) mass is 159 g/mol. The van der Waals surface area contributed by atoms with Crippen molar-refractivity contribution in [1.82, 2.24) is 4.90 Å². The number of hydrogen-bond donors (Lipinski definition) is 1. The van der Waals surface area contributed by atoms with Gasteiger partial charge in [0.15, 0.2) is 0 Å². The summed E-state index contributed by atoms with van der Waals surface area (Å²) in [6.45, 7) is 2.40. The molecule has 66 valence electrons. The number of rotatable bonds is 5. The lowest BCUT2D eigenvalue weighted by Gasteiger charge is -2.08. The zero-order valence-corrected chi connectivity index (χ0v) is 7.50. The van der Waals surface area contributed by atoms with Crippen molar-refractivity contribution in [3.05, 3.63) is 0 Å². The number of ketones is 1. The molecule has 0 saturated carbocycles. The van der Waals surface area contributed by atoms with Gasteiger partial charge in [-0.25, -0.2) is 0 Å². The van der Waals surface area contributed by atoms with Crippen LogP contribution in [0.2, 0.25) is 0 Å². The molecule has 0 aliphatic carbocycles. The minimum atomic E-state index is -0.496. The summed E-state index contributed by atoms with van der Waals surface area (Å²) in [5.41, 5.74) is 0. The fourth-order valence-corrected chi connectivity index (χ4v) is 0.780. The predicted octanol–water partition coefficient (Wildman–Crippen LogP) is 0.278. The highest BCUT2D eigenvalue weighted by Crippen LogP contribution is 1.95. The van der Waals surface area contributed by atoms with E-state index in [2.05, 4.69) is 0 Å². The van der Waals surface area contributed by atoms with Gasteiger partial charge in [-0.05, 0) is 21.0 Å². The second-order valence-electron chi connectivity index (χ2n) is 3.15. The molecule has 0 rings (SSSR count). The summed E-state index contributed by atoms with van der Waals surface area (Å²) >= 11 is 0. The smallest absolute Gasteiger partial charge is 0.136 e. The molecule has 1 N–H and O–H groups in total. The van der Waals surface area contributed by atoms with Gasteiger partial charge in [0, 0.05) is 19.4 Å². The summed E-state index contributed by atoms with van der Waals surface area (Å²) in [5, 5.41) is 8.85. The van der Waals surface area contributed by atoms with Gasteiger partial charge < -0.3 is 10.0 Å². The van der Waals surface area contributed by atoms with E-state index >= 15 is 0 Å². The first-order valence-corrected chi connectivity index (χ1v) is 3.87. The van der Waals surface area contributed by atoms with E-state index < -0.39 is 6.10 Å². The summed E-state index contributed by atoms with van der Waals surface area (Å²) in [5.74, 6) is 0.133. The molecular weight excluding hydrogens is 142 g/mol. The molecule has 3 nitrogen and oxygen atoms in total. The number of aliphatic hydroxyl groups is 1. The van der Waals surface area contributed by atoms with Gasteiger partial charge in [-0.3, -0.25) is 4.79 Å². The highest BCUT2D eigenvalue weighted by atomic mass is 16.3. The second kappa shape index (κ2) is 5.27. The lowest BCUT2D eigenvalue weighted by atomic mass is 10.1. The largest absolute Gasteiger partial charge is 0.393 e. The number of Topliss-reactive ketones (excluding diaryl/α,β-unsaturated/α-hetero) is 1. The lowest BCUT2D eigenvalue weighted by molar-refractivity contribution is -0.120. The van der Waals surface area contributed by atoms with Crippen LogP contribution in [0.1, 0.15) is 19.8 Å². The SMILES string of the molecule is CC(O)CC(=O)CCN(C)C. The Morgan fingerprint density at radius 2 is 2.09 bits per heavy atom. The molecule has 0 bridgehead atoms. The van der Waals surface area contributed by atoms with Crippen molar-refractivity contribution in [1.29, 1.82) is 0 Å². The summed E-state index contributed by atoms with van der Waals surface area (Å²) in [7, 11) is 3.85. The third kappa shape index (κ3) is 7.49. The van der Waals surface area contributed by atoms with Crippen LogP contribution in [-0.2, 0) is 4.79 Å². The van der Waals surface area contributed by atoms with E-state index in [1.807, 2.05) is 19.0 Å². The van der Waals surface area contributed by atoms with Crippen LogP contribution in [0, 0.1) is 0 Å².